The Balaban J connectivity index is 1.50. The Morgan fingerprint density at radius 2 is 1.89 bits per heavy atom. The molecule has 3 fully saturated rings. The van der Waals surface area contributed by atoms with Gasteiger partial charge in [-0.05, 0) is 98.2 Å². The van der Waals surface area contributed by atoms with Gasteiger partial charge in [-0.2, -0.15) is 0 Å². The lowest BCUT2D eigenvalue weighted by atomic mass is 9.47. The van der Waals surface area contributed by atoms with E-state index in [1.54, 1.807) is 5.57 Å². The Hall–Kier alpha value is -0.300. The third kappa shape index (κ3) is 3.34. The average Bonchev–Trinajstić information content (AvgIpc) is 2.97. The van der Waals surface area contributed by atoms with Crippen LogP contribution in [0.4, 0.5) is 0 Å². The number of hydrogen-bond acceptors (Lipinski definition) is 1. The first-order chi connectivity index (χ1) is 12.9. The van der Waals surface area contributed by atoms with Crippen molar-refractivity contribution in [1.82, 2.24) is 0 Å². The van der Waals surface area contributed by atoms with Gasteiger partial charge in [-0.3, -0.25) is 0 Å². The summed E-state index contributed by atoms with van der Waals surface area (Å²) in [4.78, 5) is 0. The summed E-state index contributed by atoms with van der Waals surface area (Å²) in [5, 5.41) is 0. The van der Waals surface area contributed by atoms with E-state index >= 15 is 0 Å². The highest BCUT2D eigenvalue weighted by atomic mass is 16.5. The summed E-state index contributed by atoms with van der Waals surface area (Å²) < 4.78 is 5.73. The zero-order valence-corrected chi connectivity index (χ0v) is 18.7. The van der Waals surface area contributed by atoms with E-state index in [0.717, 1.165) is 29.6 Å². The molecule has 3 saturated carbocycles. The topological polar surface area (TPSA) is 9.23 Å². The number of rotatable bonds is 5. The Morgan fingerprint density at radius 3 is 2.63 bits per heavy atom. The van der Waals surface area contributed by atoms with Gasteiger partial charge in [-0.25, -0.2) is 0 Å². The number of hydrogen-bond donors (Lipinski definition) is 0. The molecule has 4 aliphatic carbocycles. The van der Waals surface area contributed by atoms with Crippen LogP contribution in [0.3, 0.4) is 0 Å². The number of methoxy groups -OCH3 is 1. The first kappa shape index (κ1) is 20.0. The van der Waals surface area contributed by atoms with E-state index in [0.29, 0.717) is 16.9 Å². The molecule has 1 heteroatoms. The van der Waals surface area contributed by atoms with Gasteiger partial charge in [-0.1, -0.05) is 52.2 Å². The van der Waals surface area contributed by atoms with Crippen LogP contribution in [0, 0.1) is 40.4 Å². The van der Waals surface area contributed by atoms with Crippen LogP contribution < -0.4 is 0 Å². The third-order valence-corrected chi connectivity index (χ3v) is 9.92. The molecular formula is C26H44O. The average molecular weight is 373 g/mol. The standard InChI is InChI=1S/C26H44O/c1-18(2)7-6-8-19-10-12-23-22-11-9-20-17-21(27-5)13-15-26(20,4)24(22)14-16-25(19,23)3/h9,18-19,21-24H,6-8,10-17H2,1-5H3/t19?,21?,22?,23?,24?,25-,26+/m1/s1. The van der Waals surface area contributed by atoms with E-state index in [9.17, 15) is 0 Å². The minimum absolute atomic E-state index is 0.478. The molecule has 0 aromatic rings. The fraction of sp³-hybridized carbons (Fsp3) is 0.923. The minimum atomic E-state index is 0.478. The van der Waals surface area contributed by atoms with Gasteiger partial charge in [0, 0.05) is 7.11 Å². The zero-order chi connectivity index (χ0) is 19.2. The fourth-order valence-corrected chi connectivity index (χ4v) is 8.18. The van der Waals surface area contributed by atoms with Crippen molar-refractivity contribution < 1.29 is 4.74 Å². The summed E-state index contributed by atoms with van der Waals surface area (Å²) >= 11 is 0. The molecule has 0 bridgehead atoms. The van der Waals surface area contributed by atoms with Gasteiger partial charge in [0.05, 0.1) is 6.10 Å². The highest BCUT2D eigenvalue weighted by Gasteiger charge is 2.58. The molecule has 0 radical (unpaired) electrons. The van der Waals surface area contributed by atoms with Gasteiger partial charge in [-0.15, -0.1) is 0 Å². The second-order valence-electron chi connectivity index (χ2n) is 11.5. The number of fused-ring (bicyclic) bond motifs is 5. The van der Waals surface area contributed by atoms with Gasteiger partial charge in [0.2, 0.25) is 0 Å². The molecule has 27 heavy (non-hydrogen) atoms. The normalized spacial score (nSPS) is 46.6. The van der Waals surface area contributed by atoms with Crippen LogP contribution in [-0.2, 0) is 4.74 Å². The van der Waals surface area contributed by atoms with Gasteiger partial charge in [0.1, 0.15) is 0 Å². The van der Waals surface area contributed by atoms with E-state index in [4.69, 9.17) is 4.74 Å². The zero-order valence-electron chi connectivity index (χ0n) is 18.7. The number of allylic oxidation sites excluding steroid dienone is 1. The van der Waals surface area contributed by atoms with Crippen LogP contribution in [0.5, 0.6) is 0 Å². The van der Waals surface area contributed by atoms with Crippen molar-refractivity contribution in [3.8, 4) is 0 Å². The van der Waals surface area contributed by atoms with E-state index in [-0.39, 0.29) is 0 Å². The van der Waals surface area contributed by atoms with Crippen molar-refractivity contribution in [3.05, 3.63) is 11.6 Å². The van der Waals surface area contributed by atoms with Crippen LogP contribution in [-0.4, -0.2) is 13.2 Å². The Labute approximate surface area is 168 Å². The first-order valence-corrected chi connectivity index (χ1v) is 12.1. The van der Waals surface area contributed by atoms with Gasteiger partial charge < -0.3 is 4.74 Å². The monoisotopic (exact) mass is 372 g/mol. The maximum absolute atomic E-state index is 5.73. The lowest BCUT2D eigenvalue weighted by Gasteiger charge is -2.58. The summed E-state index contributed by atoms with van der Waals surface area (Å²) in [6, 6.07) is 0. The SMILES string of the molecule is COC1CC[C@@]2(C)C(=CCC3C4CCC(CCCC(C)C)[C@@]4(C)CCC32)C1. The Bertz CT molecular complexity index is 563. The molecule has 1 nitrogen and oxygen atoms in total. The van der Waals surface area contributed by atoms with Crippen LogP contribution in [0.1, 0.15) is 98.3 Å². The lowest BCUT2D eigenvalue weighted by Crippen LogP contribution is -2.50. The van der Waals surface area contributed by atoms with E-state index < -0.39 is 0 Å². The van der Waals surface area contributed by atoms with E-state index in [1.165, 1.54) is 70.6 Å². The first-order valence-electron chi connectivity index (χ1n) is 12.1. The summed E-state index contributed by atoms with van der Waals surface area (Å²) in [6.07, 6.45) is 18.8. The molecule has 7 atom stereocenters. The highest BCUT2D eigenvalue weighted by Crippen LogP contribution is 2.66. The molecule has 0 heterocycles. The molecule has 154 valence electrons. The molecule has 5 unspecified atom stereocenters. The molecule has 0 saturated heterocycles. The van der Waals surface area contributed by atoms with Gasteiger partial charge in [0.25, 0.3) is 0 Å². The van der Waals surface area contributed by atoms with Crippen molar-refractivity contribution in [2.75, 3.05) is 7.11 Å². The van der Waals surface area contributed by atoms with Crippen molar-refractivity contribution in [3.63, 3.8) is 0 Å². The summed E-state index contributed by atoms with van der Waals surface area (Å²) in [5.74, 6) is 4.78. The summed E-state index contributed by atoms with van der Waals surface area (Å²) in [5.41, 5.74) is 2.88. The highest BCUT2D eigenvalue weighted by molar-refractivity contribution is 5.25. The predicted molar refractivity (Wildman–Crippen MR) is 115 cm³/mol. The van der Waals surface area contributed by atoms with Crippen molar-refractivity contribution in [2.24, 2.45) is 40.4 Å². The number of ether oxygens (including phenoxy) is 1. The van der Waals surface area contributed by atoms with Crippen LogP contribution >= 0.6 is 0 Å². The summed E-state index contributed by atoms with van der Waals surface area (Å²) in [6.45, 7) is 10.1. The van der Waals surface area contributed by atoms with Crippen molar-refractivity contribution in [1.29, 1.82) is 0 Å². The van der Waals surface area contributed by atoms with Crippen LogP contribution in [0.25, 0.3) is 0 Å². The molecule has 0 aliphatic heterocycles. The van der Waals surface area contributed by atoms with Crippen molar-refractivity contribution >= 4 is 0 Å². The molecule has 0 aromatic heterocycles. The molecule has 0 aromatic carbocycles. The lowest BCUT2D eigenvalue weighted by molar-refractivity contribution is -0.0543. The molecule has 4 aliphatic rings. The minimum Gasteiger partial charge on any atom is -0.381 e. The second kappa shape index (κ2) is 7.51. The maximum atomic E-state index is 5.73. The Kier molecular flexibility index (Phi) is 5.56. The molecule has 0 spiro atoms. The molecule has 4 rings (SSSR count). The smallest absolute Gasteiger partial charge is 0.0608 e. The van der Waals surface area contributed by atoms with E-state index in [1.807, 2.05) is 7.11 Å². The predicted octanol–water partition coefficient (Wildman–Crippen LogP) is 7.41. The van der Waals surface area contributed by atoms with Gasteiger partial charge >= 0.3 is 0 Å². The molecule has 0 amide bonds. The third-order valence-electron chi connectivity index (χ3n) is 9.92. The largest absolute Gasteiger partial charge is 0.381 e. The van der Waals surface area contributed by atoms with E-state index in [2.05, 4.69) is 33.8 Å². The summed E-state index contributed by atoms with van der Waals surface area (Å²) in [7, 11) is 1.91. The Morgan fingerprint density at radius 1 is 1.07 bits per heavy atom. The quantitative estimate of drug-likeness (QED) is 0.457. The van der Waals surface area contributed by atoms with Crippen LogP contribution in [0.15, 0.2) is 11.6 Å². The molecular weight excluding hydrogens is 328 g/mol. The fourth-order valence-electron chi connectivity index (χ4n) is 8.18. The van der Waals surface area contributed by atoms with Crippen LogP contribution in [0.2, 0.25) is 0 Å². The second-order valence-corrected chi connectivity index (χ2v) is 11.5. The van der Waals surface area contributed by atoms with Gasteiger partial charge in [0.15, 0.2) is 0 Å². The molecule has 0 N–H and O–H groups in total. The van der Waals surface area contributed by atoms with Crippen molar-refractivity contribution in [2.45, 2.75) is 104 Å². The maximum Gasteiger partial charge on any atom is 0.0608 e.